The molecule has 0 radical (unpaired) electrons. The van der Waals surface area contributed by atoms with Gasteiger partial charge in [-0.25, -0.2) is 4.39 Å². The van der Waals surface area contributed by atoms with Gasteiger partial charge in [0, 0.05) is 37.5 Å². The third kappa shape index (κ3) is 4.68. The van der Waals surface area contributed by atoms with Crippen molar-refractivity contribution in [1.29, 1.82) is 0 Å². The molecule has 0 unspecified atom stereocenters. The molecule has 1 aromatic carbocycles. The topological polar surface area (TPSA) is 62.6 Å². The molecule has 0 bridgehead atoms. The van der Waals surface area contributed by atoms with Crippen LogP contribution in [0.1, 0.15) is 35.4 Å². The maximum absolute atomic E-state index is 12.9. The number of nitrogens with one attached hydrogen (secondary N) is 1. The second-order valence-electron chi connectivity index (χ2n) is 6.21. The van der Waals surface area contributed by atoms with Crippen LogP contribution in [0.25, 0.3) is 0 Å². The average Bonchev–Trinajstić information content (AvgIpc) is 3.14. The monoisotopic (exact) mass is 344 g/mol. The van der Waals surface area contributed by atoms with Gasteiger partial charge in [0.1, 0.15) is 11.6 Å². The van der Waals surface area contributed by atoms with Crippen molar-refractivity contribution in [1.82, 2.24) is 10.2 Å². The minimum absolute atomic E-state index is 0.0340. The minimum atomic E-state index is -0.363. The fraction of sp³-hybridized carbons (Fsp3) is 0.368. The number of hydrogen-bond acceptors (Lipinski definition) is 3. The molecule has 25 heavy (non-hydrogen) atoms. The van der Waals surface area contributed by atoms with Crippen molar-refractivity contribution in [2.45, 2.75) is 31.7 Å². The number of benzene rings is 1. The van der Waals surface area contributed by atoms with Crippen LogP contribution in [-0.4, -0.2) is 35.8 Å². The average molecular weight is 344 g/mol. The highest BCUT2D eigenvalue weighted by molar-refractivity contribution is 5.94. The smallest absolute Gasteiger partial charge is 0.251 e. The van der Waals surface area contributed by atoms with Gasteiger partial charge in [0.05, 0.1) is 6.26 Å². The fourth-order valence-corrected chi connectivity index (χ4v) is 2.99. The summed E-state index contributed by atoms with van der Waals surface area (Å²) in [4.78, 5) is 26.2. The normalized spacial score (nSPS) is 15.2. The van der Waals surface area contributed by atoms with E-state index < -0.39 is 0 Å². The SMILES string of the molecule is O=C(NC1CCN(C(=O)CCc2ccco2)CC1)c1ccc(F)cc1. The van der Waals surface area contributed by atoms with E-state index in [1.165, 1.54) is 24.3 Å². The number of aryl methyl sites for hydroxylation is 1. The Labute approximate surface area is 145 Å². The van der Waals surface area contributed by atoms with E-state index in [0.717, 1.165) is 18.6 Å². The summed E-state index contributed by atoms with van der Waals surface area (Å²) in [5.41, 5.74) is 0.443. The Hall–Kier alpha value is -2.63. The molecule has 2 amide bonds. The van der Waals surface area contributed by atoms with Gasteiger partial charge < -0.3 is 14.6 Å². The number of piperidine rings is 1. The first kappa shape index (κ1) is 17.2. The van der Waals surface area contributed by atoms with Gasteiger partial charge in [0.2, 0.25) is 5.91 Å². The quantitative estimate of drug-likeness (QED) is 0.907. The molecule has 5 nitrogen and oxygen atoms in total. The van der Waals surface area contributed by atoms with Crippen molar-refractivity contribution >= 4 is 11.8 Å². The lowest BCUT2D eigenvalue weighted by Crippen LogP contribution is -2.46. The van der Waals surface area contributed by atoms with Crippen molar-refractivity contribution in [2.24, 2.45) is 0 Å². The maximum atomic E-state index is 12.9. The van der Waals surface area contributed by atoms with E-state index in [2.05, 4.69) is 5.32 Å². The Balaban J connectivity index is 1.42. The highest BCUT2D eigenvalue weighted by Crippen LogP contribution is 2.14. The molecule has 0 saturated carbocycles. The zero-order valence-electron chi connectivity index (χ0n) is 13.9. The van der Waals surface area contributed by atoms with E-state index in [4.69, 9.17) is 4.42 Å². The fourth-order valence-electron chi connectivity index (χ4n) is 2.99. The molecule has 1 saturated heterocycles. The van der Waals surface area contributed by atoms with Gasteiger partial charge in [-0.1, -0.05) is 0 Å². The number of rotatable bonds is 5. The van der Waals surface area contributed by atoms with Crippen molar-refractivity contribution in [3.8, 4) is 0 Å². The second kappa shape index (κ2) is 7.96. The van der Waals surface area contributed by atoms with Crippen LogP contribution in [0.4, 0.5) is 4.39 Å². The van der Waals surface area contributed by atoms with Crippen LogP contribution >= 0.6 is 0 Å². The van der Waals surface area contributed by atoms with E-state index in [-0.39, 0.29) is 23.7 Å². The van der Waals surface area contributed by atoms with Gasteiger partial charge in [-0.15, -0.1) is 0 Å². The van der Waals surface area contributed by atoms with Crippen LogP contribution in [0.5, 0.6) is 0 Å². The van der Waals surface area contributed by atoms with Gasteiger partial charge in [0.15, 0.2) is 0 Å². The number of likely N-dealkylation sites (tertiary alicyclic amines) is 1. The number of amides is 2. The zero-order chi connectivity index (χ0) is 17.6. The highest BCUT2D eigenvalue weighted by Gasteiger charge is 2.24. The Morgan fingerprint density at radius 3 is 2.52 bits per heavy atom. The second-order valence-corrected chi connectivity index (χ2v) is 6.21. The van der Waals surface area contributed by atoms with Gasteiger partial charge in [-0.2, -0.15) is 0 Å². The van der Waals surface area contributed by atoms with E-state index in [1.807, 2.05) is 17.0 Å². The highest BCUT2D eigenvalue weighted by atomic mass is 19.1. The Bertz CT molecular complexity index is 705. The molecule has 3 rings (SSSR count). The number of hydrogen-bond donors (Lipinski definition) is 1. The number of carbonyl (C=O) groups is 2. The molecule has 2 aromatic rings. The summed E-state index contributed by atoms with van der Waals surface area (Å²) in [6.45, 7) is 1.26. The van der Waals surface area contributed by atoms with Crippen molar-refractivity contribution in [2.75, 3.05) is 13.1 Å². The minimum Gasteiger partial charge on any atom is -0.469 e. The lowest BCUT2D eigenvalue weighted by atomic mass is 10.0. The summed E-state index contributed by atoms with van der Waals surface area (Å²) >= 11 is 0. The third-order valence-electron chi connectivity index (χ3n) is 4.45. The molecule has 1 fully saturated rings. The molecule has 0 spiro atoms. The molecule has 1 aliphatic heterocycles. The van der Waals surface area contributed by atoms with Gasteiger partial charge >= 0.3 is 0 Å². The summed E-state index contributed by atoms with van der Waals surface area (Å²) in [6.07, 6.45) is 4.08. The van der Waals surface area contributed by atoms with Crippen molar-refractivity contribution < 1.29 is 18.4 Å². The number of furan rings is 1. The first-order valence-corrected chi connectivity index (χ1v) is 8.48. The molecule has 0 aliphatic carbocycles. The molecule has 2 heterocycles. The van der Waals surface area contributed by atoms with Crippen molar-refractivity contribution in [3.63, 3.8) is 0 Å². The number of nitrogens with zero attached hydrogens (tertiary/aromatic N) is 1. The zero-order valence-corrected chi connectivity index (χ0v) is 13.9. The molecule has 1 aliphatic rings. The predicted molar refractivity (Wildman–Crippen MR) is 90.5 cm³/mol. The largest absolute Gasteiger partial charge is 0.469 e. The molecular formula is C19H21FN2O3. The van der Waals surface area contributed by atoms with Gasteiger partial charge in [-0.3, -0.25) is 9.59 Å². The van der Waals surface area contributed by atoms with Crippen LogP contribution in [0.2, 0.25) is 0 Å². The van der Waals surface area contributed by atoms with Crippen molar-refractivity contribution in [3.05, 3.63) is 59.8 Å². The molecule has 0 atom stereocenters. The van der Waals surface area contributed by atoms with E-state index in [1.54, 1.807) is 6.26 Å². The molecule has 6 heteroatoms. The summed E-state index contributed by atoms with van der Waals surface area (Å²) in [6, 6.07) is 9.20. The van der Waals surface area contributed by atoms with Gasteiger partial charge in [0.25, 0.3) is 5.91 Å². The molecule has 1 aromatic heterocycles. The van der Waals surface area contributed by atoms with Crippen LogP contribution in [-0.2, 0) is 11.2 Å². The van der Waals surface area contributed by atoms with Gasteiger partial charge in [-0.05, 0) is 49.2 Å². The molecule has 1 N–H and O–H groups in total. The molecular weight excluding hydrogens is 323 g/mol. The number of carbonyl (C=O) groups excluding carboxylic acids is 2. The summed E-state index contributed by atoms with van der Waals surface area (Å²) in [5, 5.41) is 2.95. The lowest BCUT2D eigenvalue weighted by Gasteiger charge is -2.32. The maximum Gasteiger partial charge on any atom is 0.251 e. The van der Waals surface area contributed by atoms with E-state index in [9.17, 15) is 14.0 Å². The first-order chi connectivity index (χ1) is 12.1. The third-order valence-corrected chi connectivity index (χ3v) is 4.45. The number of halogens is 1. The Morgan fingerprint density at radius 2 is 1.88 bits per heavy atom. The lowest BCUT2D eigenvalue weighted by molar-refractivity contribution is -0.132. The Kier molecular flexibility index (Phi) is 5.48. The van der Waals surface area contributed by atoms with E-state index in [0.29, 0.717) is 31.5 Å². The summed E-state index contributed by atoms with van der Waals surface area (Å²) < 4.78 is 18.1. The molecule has 132 valence electrons. The first-order valence-electron chi connectivity index (χ1n) is 8.48. The van der Waals surface area contributed by atoms with E-state index >= 15 is 0 Å². The van der Waals surface area contributed by atoms with Crippen LogP contribution in [0.15, 0.2) is 47.1 Å². The summed E-state index contributed by atoms with van der Waals surface area (Å²) in [5.74, 6) is 0.357. The van der Waals surface area contributed by atoms with Crippen LogP contribution in [0, 0.1) is 5.82 Å². The summed E-state index contributed by atoms with van der Waals surface area (Å²) in [7, 11) is 0. The standard InChI is InChI=1S/C19H21FN2O3/c20-15-5-3-14(4-6-15)19(24)21-16-9-11-22(12-10-16)18(23)8-7-17-2-1-13-25-17/h1-6,13,16H,7-12H2,(H,21,24). The van der Waals surface area contributed by atoms with Crippen LogP contribution < -0.4 is 5.32 Å². The Morgan fingerprint density at radius 1 is 1.16 bits per heavy atom. The predicted octanol–water partition coefficient (Wildman–Crippen LogP) is 2.77. The van der Waals surface area contributed by atoms with Crippen LogP contribution in [0.3, 0.4) is 0 Å².